The van der Waals surface area contributed by atoms with Crippen LogP contribution in [0.15, 0.2) is 16.5 Å². The number of carbonyl (C=O) groups is 1. The van der Waals surface area contributed by atoms with Crippen LogP contribution >= 0.6 is 0 Å². The second-order valence-electron chi connectivity index (χ2n) is 8.22. The van der Waals surface area contributed by atoms with E-state index < -0.39 is 22.3 Å². The van der Waals surface area contributed by atoms with Crippen LogP contribution in [0.2, 0.25) is 0 Å². The molecule has 1 aromatic heterocycles. The largest absolute Gasteiger partial charge is 0.424 e. The topological polar surface area (TPSA) is 114 Å². The van der Waals surface area contributed by atoms with Gasteiger partial charge in [-0.1, -0.05) is 20.8 Å². The summed E-state index contributed by atoms with van der Waals surface area (Å²) in [6.45, 7) is 8.28. The van der Waals surface area contributed by atoms with Crippen LogP contribution < -0.4 is 10.2 Å². The smallest absolute Gasteiger partial charge is 0.295 e. The third-order valence-corrected chi connectivity index (χ3v) is 4.84. The Labute approximate surface area is 167 Å². The van der Waals surface area contributed by atoms with Gasteiger partial charge in [-0.3, -0.25) is 14.9 Å². The van der Waals surface area contributed by atoms with Crippen molar-refractivity contribution in [2.45, 2.75) is 51.9 Å². The molecule has 0 bridgehead atoms. The monoisotopic (exact) mass is 405 g/mol. The minimum atomic E-state index is -0.716. The Morgan fingerprint density at radius 3 is 2.48 bits per heavy atom. The van der Waals surface area contributed by atoms with Gasteiger partial charge in [0.2, 0.25) is 17.7 Å². The molecular weight excluding hydrogens is 381 g/mol. The molecule has 0 spiro atoms. The van der Waals surface area contributed by atoms with E-state index in [4.69, 9.17) is 4.42 Å². The SMILES string of the molecule is CC(=O)Nc1cc(N2CCC(c3nnc(C(C)(C)C)o3)CC2)c(F)cc1[N+](=O)[O-]. The van der Waals surface area contributed by atoms with E-state index in [1.165, 1.54) is 13.0 Å². The van der Waals surface area contributed by atoms with Crippen LogP contribution in [0.3, 0.4) is 0 Å². The third kappa shape index (κ3) is 4.52. The standard InChI is InChI=1S/C19H24FN5O4/c1-11(26)21-14-10-15(13(20)9-16(14)25(27)28)24-7-5-12(6-8-24)17-22-23-18(29-17)19(2,3)4/h9-10,12H,5-8H2,1-4H3,(H,21,26). The Bertz CT molecular complexity index is 929. The molecule has 1 amide bonds. The lowest BCUT2D eigenvalue weighted by Crippen LogP contribution is -2.33. The van der Waals surface area contributed by atoms with Gasteiger partial charge >= 0.3 is 0 Å². The number of nitrogens with one attached hydrogen (secondary N) is 1. The Kier molecular flexibility index (Phi) is 5.54. The molecule has 0 aliphatic carbocycles. The summed E-state index contributed by atoms with van der Waals surface area (Å²) in [5, 5.41) is 21.9. The molecule has 0 radical (unpaired) electrons. The number of carbonyl (C=O) groups excluding carboxylic acids is 1. The van der Waals surface area contributed by atoms with Gasteiger partial charge in [0.15, 0.2) is 5.82 Å². The van der Waals surface area contributed by atoms with Gasteiger partial charge in [0.1, 0.15) is 5.69 Å². The van der Waals surface area contributed by atoms with Crippen molar-refractivity contribution in [2.75, 3.05) is 23.3 Å². The lowest BCUT2D eigenvalue weighted by atomic mass is 9.96. The molecule has 2 heterocycles. The van der Waals surface area contributed by atoms with Gasteiger partial charge in [0.05, 0.1) is 16.7 Å². The van der Waals surface area contributed by atoms with E-state index in [1.807, 2.05) is 25.7 Å². The maximum Gasteiger partial charge on any atom is 0.295 e. The first-order valence-electron chi connectivity index (χ1n) is 9.40. The second-order valence-corrected chi connectivity index (χ2v) is 8.22. The van der Waals surface area contributed by atoms with Crippen LogP contribution in [0.5, 0.6) is 0 Å². The molecule has 29 heavy (non-hydrogen) atoms. The Balaban J connectivity index is 1.77. The summed E-state index contributed by atoms with van der Waals surface area (Å²) < 4.78 is 20.4. The van der Waals surface area contributed by atoms with Crippen molar-refractivity contribution in [1.82, 2.24) is 10.2 Å². The summed E-state index contributed by atoms with van der Waals surface area (Å²) in [4.78, 5) is 23.6. The minimum absolute atomic E-state index is 0.0206. The number of halogens is 1. The molecule has 1 aliphatic rings. The van der Waals surface area contributed by atoms with Crippen molar-refractivity contribution >= 4 is 23.0 Å². The van der Waals surface area contributed by atoms with Gasteiger partial charge in [0.25, 0.3) is 5.69 Å². The molecule has 156 valence electrons. The molecule has 1 N–H and O–H groups in total. The molecule has 3 rings (SSSR count). The van der Waals surface area contributed by atoms with E-state index in [1.54, 1.807) is 0 Å². The summed E-state index contributed by atoms with van der Waals surface area (Å²) in [7, 11) is 0. The lowest BCUT2D eigenvalue weighted by Gasteiger charge is -2.32. The van der Waals surface area contributed by atoms with Crippen molar-refractivity contribution in [3.8, 4) is 0 Å². The highest BCUT2D eigenvalue weighted by Crippen LogP contribution is 2.36. The van der Waals surface area contributed by atoms with E-state index in [9.17, 15) is 19.3 Å². The molecule has 1 aromatic carbocycles. The first-order valence-corrected chi connectivity index (χ1v) is 9.40. The maximum atomic E-state index is 14.6. The summed E-state index contributed by atoms with van der Waals surface area (Å²) in [6.07, 6.45) is 1.36. The highest BCUT2D eigenvalue weighted by Gasteiger charge is 2.30. The fourth-order valence-corrected chi connectivity index (χ4v) is 3.30. The molecule has 9 nitrogen and oxygen atoms in total. The molecule has 2 aromatic rings. The average Bonchev–Trinajstić information content (AvgIpc) is 3.13. The van der Waals surface area contributed by atoms with E-state index in [2.05, 4.69) is 15.5 Å². The zero-order valence-corrected chi connectivity index (χ0v) is 16.9. The third-order valence-electron chi connectivity index (χ3n) is 4.84. The van der Waals surface area contributed by atoms with Gasteiger partial charge in [-0.25, -0.2) is 4.39 Å². The molecule has 1 aliphatic heterocycles. The summed E-state index contributed by atoms with van der Waals surface area (Å²) in [5.74, 6) is 0.0761. The molecule has 0 saturated carbocycles. The normalized spacial score (nSPS) is 15.4. The lowest BCUT2D eigenvalue weighted by molar-refractivity contribution is -0.384. The summed E-state index contributed by atoms with van der Waals surface area (Å²) >= 11 is 0. The number of hydrogen-bond acceptors (Lipinski definition) is 7. The van der Waals surface area contributed by atoms with Crippen molar-refractivity contribution in [1.29, 1.82) is 0 Å². The van der Waals surface area contributed by atoms with E-state index in [-0.39, 0.29) is 22.7 Å². The Morgan fingerprint density at radius 2 is 1.97 bits per heavy atom. The van der Waals surface area contributed by atoms with Crippen LogP contribution in [0.4, 0.5) is 21.5 Å². The van der Waals surface area contributed by atoms with Crippen molar-refractivity contribution in [3.63, 3.8) is 0 Å². The number of nitro benzene ring substituents is 1. The first-order chi connectivity index (χ1) is 13.6. The van der Waals surface area contributed by atoms with Crippen molar-refractivity contribution in [3.05, 3.63) is 39.8 Å². The molecule has 0 atom stereocenters. The first kappa shape index (κ1) is 20.7. The number of amides is 1. The summed E-state index contributed by atoms with van der Waals surface area (Å²) in [5.41, 5.74) is -0.503. The van der Waals surface area contributed by atoms with Gasteiger partial charge in [-0.05, 0) is 18.9 Å². The van der Waals surface area contributed by atoms with Crippen LogP contribution in [-0.2, 0) is 10.2 Å². The van der Waals surface area contributed by atoms with Crippen LogP contribution in [0.1, 0.15) is 58.2 Å². The number of hydrogen-bond donors (Lipinski definition) is 1. The molecular formula is C19H24FN5O4. The number of rotatable bonds is 4. The Hall–Kier alpha value is -3.04. The highest BCUT2D eigenvalue weighted by molar-refractivity contribution is 5.92. The minimum Gasteiger partial charge on any atom is -0.424 e. The zero-order chi connectivity index (χ0) is 21.3. The van der Waals surface area contributed by atoms with Gasteiger partial charge in [-0.15, -0.1) is 10.2 Å². The van der Waals surface area contributed by atoms with E-state index >= 15 is 0 Å². The number of anilines is 2. The molecule has 1 fully saturated rings. The number of aromatic nitrogens is 2. The number of nitro groups is 1. The second kappa shape index (κ2) is 7.76. The van der Waals surface area contributed by atoms with Crippen molar-refractivity contribution in [2.24, 2.45) is 0 Å². The fourth-order valence-electron chi connectivity index (χ4n) is 3.30. The Morgan fingerprint density at radius 1 is 1.31 bits per heavy atom. The van der Waals surface area contributed by atoms with Gasteiger partial charge in [0, 0.05) is 31.3 Å². The maximum absolute atomic E-state index is 14.6. The quantitative estimate of drug-likeness (QED) is 0.608. The van der Waals surface area contributed by atoms with E-state index in [0.717, 1.165) is 6.07 Å². The molecule has 1 saturated heterocycles. The van der Waals surface area contributed by atoms with Crippen molar-refractivity contribution < 1.29 is 18.5 Å². The highest BCUT2D eigenvalue weighted by atomic mass is 19.1. The van der Waals surface area contributed by atoms with Gasteiger partial charge < -0.3 is 14.6 Å². The van der Waals surface area contributed by atoms with Crippen LogP contribution in [-0.4, -0.2) is 34.1 Å². The van der Waals surface area contributed by atoms with Crippen LogP contribution in [0.25, 0.3) is 0 Å². The zero-order valence-electron chi connectivity index (χ0n) is 16.9. The number of piperidine rings is 1. The predicted molar refractivity (Wildman–Crippen MR) is 105 cm³/mol. The fraction of sp³-hybridized carbons (Fsp3) is 0.526. The molecule has 0 unspecified atom stereocenters. The predicted octanol–water partition coefficient (Wildman–Crippen LogP) is 3.76. The van der Waals surface area contributed by atoms with E-state index in [0.29, 0.717) is 37.7 Å². The van der Waals surface area contributed by atoms with Gasteiger partial charge in [-0.2, -0.15) is 0 Å². The molecule has 10 heteroatoms. The number of benzene rings is 1. The average molecular weight is 405 g/mol. The summed E-state index contributed by atoms with van der Waals surface area (Å²) in [6, 6.07) is 2.17. The number of nitrogens with zero attached hydrogens (tertiary/aromatic N) is 4. The van der Waals surface area contributed by atoms with Crippen LogP contribution in [0, 0.1) is 15.9 Å².